The highest BCUT2D eigenvalue weighted by atomic mass is 16.6. The average molecular weight is 510 g/mol. The summed E-state index contributed by atoms with van der Waals surface area (Å²) < 4.78 is 11.0. The van der Waals surface area contributed by atoms with E-state index in [1.807, 2.05) is 0 Å². The fourth-order valence-corrected chi connectivity index (χ4v) is 4.90. The van der Waals surface area contributed by atoms with Crippen molar-refractivity contribution in [3.05, 3.63) is 64.1 Å². The number of hydrogen-bond donors (Lipinski definition) is 0. The number of non-ortho nitro benzene ring substituents is 1. The van der Waals surface area contributed by atoms with E-state index < -0.39 is 11.0 Å². The van der Waals surface area contributed by atoms with E-state index >= 15 is 0 Å². The molecule has 3 aliphatic rings. The predicted octanol–water partition coefficient (Wildman–Crippen LogP) is 2.83. The second-order valence-electron chi connectivity index (χ2n) is 9.67. The summed E-state index contributed by atoms with van der Waals surface area (Å²) in [6, 6.07) is 9.24. The van der Waals surface area contributed by atoms with Gasteiger partial charge in [-0.15, -0.1) is 0 Å². The molecular weight excluding hydrogens is 478 g/mol. The molecule has 11 heteroatoms. The summed E-state index contributed by atoms with van der Waals surface area (Å²) in [5, 5.41) is 17.1. The van der Waals surface area contributed by atoms with Gasteiger partial charge in [0, 0.05) is 50.7 Å². The van der Waals surface area contributed by atoms with Crippen molar-refractivity contribution in [1.82, 2.24) is 14.8 Å². The Morgan fingerprint density at radius 1 is 1.14 bits per heavy atom. The van der Waals surface area contributed by atoms with Crippen LogP contribution in [0.5, 0.6) is 0 Å². The molecule has 1 aliphatic carbocycles. The summed E-state index contributed by atoms with van der Waals surface area (Å²) in [4.78, 5) is 41.4. The Morgan fingerprint density at radius 2 is 1.89 bits per heavy atom. The summed E-state index contributed by atoms with van der Waals surface area (Å²) in [6.45, 7) is 4.08. The molecule has 1 aromatic heterocycles. The van der Waals surface area contributed by atoms with Crippen LogP contribution in [0.2, 0.25) is 0 Å². The van der Waals surface area contributed by atoms with Gasteiger partial charge in [0.2, 0.25) is 5.91 Å². The first kappa shape index (κ1) is 25.1. The number of carbonyl (C=O) groups excluding carboxylic acids is 2. The predicted molar refractivity (Wildman–Crippen MR) is 134 cm³/mol. The van der Waals surface area contributed by atoms with Crippen molar-refractivity contribution >= 4 is 23.2 Å². The molecule has 0 unspecified atom stereocenters. The Kier molecular flexibility index (Phi) is 7.61. The number of nitrogens with zero attached hydrogens (tertiary/aromatic N) is 5. The minimum Gasteiger partial charge on any atom is -0.467 e. The molecule has 2 aromatic rings. The number of rotatable bonds is 9. The van der Waals surface area contributed by atoms with Crippen molar-refractivity contribution in [2.45, 2.75) is 31.7 Å². The third-order valence-corrected chi connectivity index (χ3v) is 7.33. The van der Waals surface area contributed by atoms with Crippen LogP contribution in [0.15, 0.2) is 52.2 Å². The molecule has 3 heterocycles. The summed E-state index contributed by atoms with van der Waals surface area (Å²) in [5.41, 5.74) is 1.32. The second-order valence-corrected chi connectivity index (χ2v) is 9.67. The van der Waals surface area contributed by atoms with E-state index in [1.54, 1.807) is 35.4 Å². The zero-order valence-corrected chi connectivity index (χ0v) is 20.7. The van der Waals surface area contributed by atoms with Crippen LogP contribution in [0.25, 0.3) is 0 Å². The number of carbonyl (C=O) groups is 2. The van der Waals surface area contributed by atoms with Crippen LogP contribution in [-0.2, 0) is 14.3 Å². The SMILES string of the molecule is O=C(C1CCC1)N(CCN1CCOCC1)CC(=O)N1N=C(c2ccc([N+](=O)[O-])cc2)C[C@@H]1c1ccco1. The molecule has 0 radical (unpaired) electrons. The fourth-order valence-electron chi connectivity index (χ4n) is 4.90. The molecule has 1 saturated heterocycles. The number of amides is 2. The van der Waals surface area contributed by atoms with Crippen LogP contribution in [-0.4, -0.2) is 83.2 Å². The lowest BCUT2D eigenvalue weighted by atomic mass is 9.84. The van der Waals surface area contributed by atoms with E-state index in [0.29, 0.717) is 49.8 Å². The van der Waals surface area contributed by atoms with Gasteiger partial charge in [-0.2, -0.15) is 5.10 Å². The lowest BCUT2D eigenvalue weighted by molar-refractivity contribution is -0.384. The number of nitro benzene ring substituents is 1. The molecule has 0 N–H and O–H groups in total. The maximum Gasteiger partial charge on any atom is 0.269 e. The topological polar surface area (TPSA) is 122 Å². The van der Waals surface area contributed by atoms with Crippen LogP contribution in [0, 0.1) is 16.0 Å². The molecular formula is C26H31N5O6. The molecule has 1 aromatic carbocycles. The van der Waals surface area contributed by atoms with E-state index in [0.717, 1.165) is 32.4 Å². The maximum atomic E-state index is 13.6. The van der Waals surface area contributed by atoms with Crippen LogP contribution in [0.3, 0.4) is 0 Å². The van der Waals surface area contributed by atoms with E-state index in [4.69, 9.17) is 9.15 Å². The van der Waals surface area contributed by atoms with Gasteiger partial charge in [-0.3, -0.25) is 24.6 Å². The Balaban J connectivity index is 1.34. The quantitative estimate of drug-likeness (QED) is 0.376. The van der Waals surface area contributed by atoms with Gasteiger partial charge < -0.3 is 14.1 Å². The van der Waals surface area contributed by atoms with Gasteiger partial charge in [-0.1, -0.05) is 6.42 Å². The number of hydrazone groups is 1. The Labute approximate surface area is 214 Å². The van der Waals surface area contributed by atoms with Crippen LogP contribution >= 0.6 is 0 Å². The van der Waals surface area contributed by atoms with Crippen molar-refractivity contribution in [2.24, 2.45) is 11.0 Å². The Bertz CT molecular complexity index is 1140. The lowest BCUT2D eigenvalue weighted by Crippen LogP contribution is -2.49. The number of ether oxygens (including phenoxy) is 1. The first-order valence-corrected chi connectivity index (χ1v) is 12.8. The van der Waals surface area contributed by atoms with Gasteiger partial charge in [0.25, 0.3) is 11.6 Å². The third kappa shape index (κ3) is 5.72. The zero-order valence-electron chi connectivity index (χ0n) is 20.7. The molecule has 1 saturated carbocycles. The monoisotopic (exact) mass is 509 g/mol. The van der Waals surface area contributed by atoms with Crippen molar-refractivity contribution in [1.29, 1.82) is 0 Å². The lowest BCUT2D eigenvalue weighted by Gasteiger charge is -2.34. The van der Waals surface area contributed by atoms with Crippen LogP contribution < -0.4 is 0 Å². The fraction of sp³-hybridized carbons (Fsp3) is 0.500. The summed E-state index contributed by atoms with van der Waals surface area (Å²) in [6.07, 6.45) is 4.72. The minimum absolute atomic E-state index is 0.0109. The third-order valence-electron chi connectivity index (χ3n) is 7.33. The molecule has 0 bridgehead atoms. The average Bonchev–Trinajstić information content (AvgIpc) is 3.56. The number of furan rings is 1. The molecule has 37 heavy (non-hydrogen) atoms. The molecule has 2 fully saturated rings. The van der Waals surface area contributed by atoms with Crippen molar-refractivity contribution in [3.8, 4) is 0 Å². The van der Waals surface area contributed by atoms with Crippen LogP contribution in [0.4, 0.5) is 5.69 Å². The smallest absolute Gasteiger partial charge is 0.269 e. The normalized spacial score (nSPS) is 20.4. The highest BCUT2D eigenvalue weighted by molar-refractivity contribution is 6.03. The second kappa shape index (κ2) is 11.2. The van der Waals surface area contributed by atoms with E-state index in [9.17, 15) is 19.7 Å². The molecule has 2 aliphatic heterocycles. The molecule has 196 valence electrons. The summed E-state index contributed by atoms with van der Waals surface area (Å²) in [7, 11) is 0. The van der Waals surface area contributed by atoms with Crippen molar-refractivity contribution in [2.75, 3.05) is 45.9 Å². The summed E-state index contributed by atoms with van der Waals surface area (Å²) >= 11 is 0. The van der Waals surface area contributed by atoms with E-state index in [-0.39, 0.29) is 30.0 Å². The number of hydrogen-bond acceptors (Lipinski definition) is 8. The van der Waals surface area contributed by atoms with Gasteiger partial charge in [-0.25, -0.2) is 5.01 Å². The van der Waals surface area contributed by atoms with Gasteiger partial charge in [0.15, 0.2) is 0 Å². The van der Waals surface area contributed by atoms with Gasteiger partial charge in [-0.05, 0) is 42.7 Å². The highest BCUT2D eigenvalue weighted by Crippen LogP contribution is 2.34. The Morgan fingerprint density at radius 3 is 2.51 bits per heavy atom. The van der Waals surface area contributed by atoms with E-state index in [2.05, 4.69) is 10.0 Å². The molecule has 11 nitrogen and oxygen atoms in total. The largest absolute Gasteiger partial charge is 0.467 e. The maximum absolute atomic E-state index is 13.6. The number of morpholine rings is 1. The first-order valence-electron chi connectivity index (χ1n) is 12.8. The Hall–Kier alpha value is -3.57. The van der Waals surface area contributed by atoms with E-state index in [1.165, 1.54) is 17.1 Å². The molecule has 5 rings (SSSR count). The van der Waals surface area contributed by atoms with Gasteiger partial charge in [0.05, 0.1) is 30.1 Å². The van der Waals surface area contributed by atoms with Gasteiger partial charge >= 0.3 is 0 Å². The highest BCUT2D eigenvalue weighted by Gasteiger charge is 2.37. The molecule has 0 spiro atoms. The first-order chi connectivity index (χ1) is 18.0. The van der Waals surface area contributed by atoms with Gasteiger partial charge in [0.1, 0.15) is 18.3 Å². The number of benzene rings is 1. The standard InChI is InChI=1S/C26H31N5O6/c32-25(18-29(26(33)20-3-1-4-20)11-10-28-12-15-36-16-13-28)30-23(24-5-2-14-37-24)17-22(27-30)19-6-8-21(9-7-19)31(34)35/h2,5-9,14,20,23H,1,3-4,10-13,15-18H2/t23-/m1/s1. The minimum atomic E-state index is -0.452. The van der Waals surface area contributed by atoms with Crippen LogP contribution in [0.1, 0.15) is 43.0 Å². The molecule has 2 amide bonds. The molecule has 1 atom stereocenters. The van der Waals surface area contributed by atoms with Crippen molar-refractivity contribution < 1.29 is 23.7 Å². The summed E-state index contributed by atoms with van der Waals surface area (Å²) in [5.74, 6) is 0.324. The zero-order chi connectivity index (χ0) is 25.8. The number of nitro groups is 1. The van der Waals surface area contributed by atoms with Crippen molar-refractivity contribution in [3.63, 3.8) is 0 Å².